The van der Waals surface area contributed by atoms with E-state index in [2.05, 4.69) is 4.98 Å². The van der Waals surface area contributed by atoms with Crippen LogP contribution in [0.3, 0.4) is 0 Å². The molecule has 5 nitrogen and oxygen atoms in total. The first kappa shape index (κ1) is 16.9. The quantitative estimate of drug-likeness (QED) is 0.742. The van der Waals surface area contributed by atoms with Crippen LogP contribution < -0.4 is 0 Å². The molecule has 1 aromatic heterocycles. The Hall–Kier alpha value is -1.42. The summed E-state index contributed by atoms with van der Waals surface area (Å²) in [4.78, 5) is 15.5. The van der Waals surface area contributed by atoms with Gasteiger partial charge in [0, 0.05) is 37.7 Å². The maximum atomic E-state index is 12.2. The third kappa shape index (κ3) is 3.67. The third-order valence-electron chi connectivity index (χ3n) is 3.95. The summed E-state index contributed by atoms with van der Waals surface area (Å²) in [6.45, 7) is 2.05. The zero-order valence-corrected chi connectivity index (χ0v) is 14.1. The van der Waals surface area contributed by atoms with Gasteiger partial charge in [0.1, 0.15) is 11.9 Å². The molecule has 1 aromatic carbocycles. The monoisotopic (exact) mass is 323 g/mol. The molecule has 0 amide bonds. The van der Waals surface area contributed by atoms with E-state index < -0.39 is 7.60 Å². The molecule has 0 unspecified atom stereocenters. The molecule has 0 bridgehead atoms. The van der Waals surface area contributed by atoms with Gasteiger partial charge >= 0.3 is 7.60 Å². The number of aromatic nitrogens is 1. The number of benzene rings is 1. The van der Waals surface area contributed by atoms with Gasteiger partial charge in [0.15, 0.2) is 0 Å². The van der Waals surface area contributed by atoms with Crippen LogP contribution in [0.15, 0.2) is 30.5 Å². The van der Waals surface area contributed by atoms with Crippen molar-refractivity contribution in [2.24, 2.45) is 0 Å². The summed E-state index contributed by atoms with van der Waals surface area (Å²) >= 11 is 0. The minimum atomic E-state index is -3.29. The minimum Gasteiger partial charge on any atom is -0.361 e. The Kier molecular flexibility index (Phi) is 5.57. The number of nitrogens with one attached hydrogen (secondary N) is 1. The average molecular weight is 323 g/mol. The molecule has 1 N–H and O–H groups in total. The van der Waals surface area contributed by atoms with Crippen molar-refractivity contribution in [3.8, 4) is 0 Å². The van der Waals surface area contributed by atoms with Crippen LogP contribution in [0.2, 0.25) is 0 Å². The summed E-state index contributed by atoms with van der Waals surface area (Å²) in [5.74, 6) is -0.0185. The highest BCUT2D eigenvalue weighted by atomic mass is 31.2. The zero-order valence-electron chi connectivity index (χ0n) is 13.2. The van der Waals surface area contributed by atoms with Crippen LogP contribution in [-0.2, 0) is 18.4 Å². The molecule has 1 atom stereocenters. The number of H-pyrrole nitrogens is 1. The van der Waals surface area contributed by atoms with Gasteiger partial charge in [-0.05, 0) is 24.0 Å². The van der Waals surface area contributed by atoms with Gasteiger partial charge in [-0.25, -0.2) is 0 Å². The van der Waals surface area contributed by atoms with Gasteiger partial charge in [0.05, 0.1) is 0 Å². The van der Waals surface area contributed by atoms with Crippen LogP contribution in [0, 0.1) is 0 Å². The number of rotatable bonds is 8. The van der Waals surface area contributed by atoms with Crippen LogP contribution in [-0.4, -0.2) is 31.1 Å². The smallest absolute Gasteiger partial charge is 0.337 e. The molecule has 120 valence electrons. The Morgan fingerprint density at radius 1 is 1.27 bits per heavy atom. The highest BCUT2D eigenvalue weighted by Crippen LogP contribution is 2.46. The zero-order chi connectivity index (χ0) is 16.2. The normalized spacial score (nSPS) is 13.4. The standard InChI is InChI=1S/C16H22NO4P/c1-4-12(9-13(18)11-22(19,20-2)21-3)15-10-17-16-8-6-5-7-14(15)16/h5-8,10,12,17H,4,9,11H2,1-3H3/t12-/m0/s1. The van der Waals surface area contributed by atoms with Crippen molar-refractivity contribution in [2.45, 2.75) is 25.7 Å². The van der Waals surface area contributed by atoms with Gasteiger partial charge in [0.2, 0.25) is 0 Å². The Bertz CT molecular complexity index is 686. The highest BCUT2D eigenvalue weighted by molar-refractivity contribution is 7.54. The lowest BCUT2D eigenvalue weighted by molar-refractivity contribution is -0.117. The van der Waals surface area contributed by atoms with Crippen LogP contribution in [0.25, 0.3) is 10.9 Å². The molecule has 0 aliphatic rings. The van der Waals surface area contributed by atoms with Gasteiger partial charge in [-0.3, -0.25) is 9.36 Å². The molecule has 6 heteroatoms. The maximum absolute atomic E-state index is 12.2. The fourth-order valence-corrected chi connectivity index (χ4v) is 3.63. The van der Waals surface area contributed by atoms with Gasteiger partial charge in [-0.2, -0.15) is 0 Å². The van der Waals surface area contributed by atoms with Crippen molar-refractivity contribution in [1.29, 1.82) is 0 Å². The Morgan fingerprint density at radius 2 is 1.95 bits per heavy atom. The summed E-state index contributed by atoms with van der Waals surface area (Å²) < 4.78 is 21.7. The fourth-order valence-electron chi connectivity index (χ4n) is 2.66. The van der Waals surface area contributed by atoms with Crippen molar-refractivity contribution < 1.29 is 18.4 Å². The maximum Gasteiger partial charge on any atom is 0.337 e. The van der Waals surface area contributed by atoms with Crippen molar-refractivity contribution in [3.05, 3.63) is 36.0 Å². The van der Waals surface area contributed by atoms with E-state index in [0.717, 1.165) is 22.9 Å². The molecule has 2 aromatic rings. The lowest BCUT2D eigenvalue weighted by atomic mass is 9.91. The van der Waals surface area contributed by atoms with Gasteiger partial charge in [-0.1, -0.05) is 25.1 Å². The topological polar surface area (TPSA) is 68.4 Å². The van der Waals surface area contributed by atoms with Crippen LogP contribution in [0.4, 0.5) is 0 Å². The number of aromatic amines is 1. The van der Waals surface area contributed by atoms with Crippen molar-refractivity contribution in [3.63, 3.8) is 0 Å². The third-order valence-corrected chi connectivity index (χ3v) is 5.81. The summed E-state index contributed by atoms with van der Waals surface area (Å²) in [6.07, 6.45) is 2.93. The lowest BCUT2D eigenvalue weighted by Crippen LogP contribution is -2.12. The second-order valence-electron chi connectivity index (χ2n) is 5.27. The fraction of sp³-hybridized carbons (Fsp3) is 0.438. The molecule has 0 saturated heterocycles. The number of carbonyl (C=O) groups excluding carboxylic acids is 1. The van der Waals surface area contributed by atoms with E-state index in [1.54, 1.807) is 0 Å². The lowest BCUT2D eigenvalue weighted by Gasteiger charge is -2.16. The van der Waals surface area contributed by atoms with E-state index in [9.17, 15) is 9.36 Å². The molecule has 0 fully saturated rings. The number of para-hydroxylation sites is 1. The highest BCUT2D eigenvalue weighted by Gasteiger charge is 2.27. The number of Topliss-reactive ketones (excluding diaryl/α,β-unsaturated/α-hetero) is 1. The molecule has 22 heavy (non-hydrogen) atoms. The Labute approximate surface area is 130 Å². The molecule has 2 rings (SSSR count). The van der Waals surface area contributed by atoms with E-state index >= 15 is 0 Å². The Balaban J connectivity index is 2.16. The first-order valence-electron chi connectivity index (χ1n) is 7.31. The summed E-state index contributed by atoms with van der Waals surface area (Å²) in [5, 5.41) is 1.13. The van der Waals surface area contributed by atoms with E-state index in [0.29, 0.717) is 6.42 Å². The first-order valence-corrected chi connectivity index (χ1v) is 9.04. The predicted molar refractivity (Wildman–Crippen MR) is 87.4 cm³/mol. The van der Waals surface area contributed by atoms with E-state index in [1.807, 2.05) is 37.4 Å². The van der Waals surface area contributed by atoms with Gasteiger partial charge in [0.25, 0.3) is 0 Å². The number of carbonyl (C=O) groups is 1. The second kappa shape index (κ2) is 7.23. The van der Waals surface area contributed by atoms with Crippen LogP contribution in [0.5, 0.6) is 0 Å². The Morgan fingerprint density at radius 3 is 2.59 bits per heavy atom. The van der Waals surface area contributed by atoms with Crippen molar-refractivity contribution in [1.82, 2.24) is 4.98 Å². The van der Waals surface area contributed by atoms with E-state index in [4.69, 9.17) is 9.05 Å². The minimum absolute atomic E-state index is 0.0887. The summed E-state index contributed by atoms with van der Waals surface area (Å²) in [5.41, 5.74) is 2.18. The molecule has 1 heterocycles. The van der Waals surface area contributed by atoms with Crippen LogP contribution >= 0.6 is 7.60 Å². The molecular formula is C16H22NO4P. The predicted octanol–water partition coefficient (Wildman–Crippen LogP) is 4.11. The van der Waals surface area contributed by atoms with Crippen LogP contribution in [0.1, 0.15) is 31.2 Å². The number of hydrogen-bond donors (Lipinski definition) is 1. The molecule has 0 saturated carbocycles. The number of ketones is 1. The molecule has 0 radical (unpaired) electrons. The average Bonchev–Trinajstić information content (AvgIpc) is 2.96. The SMILES string of the molecule is CC[C@@H](CC(=O)CP(=O)(OC)OC)c1c[nH]c2ccccc12. The van der Waals surface area contributed by atoms with Crippen molar-refractivity contribution in [2.75, 3.05) is 20.4 Å². The van der Waals surface area contributed by atoms with E-state index in [1.165, 1.54) is 14.2 Å². The van der Waals surface area contributed by atoms with Gasteiger partial charge < -0.3 is 14.0 Å². The largest absolute Gasteiger partial charge is 0.361 e. The number of hydrogen-bond acceptors (Lipinski definition) is 4. The summed E-state index contributed by atoms with van der Waals surface area (Å²) in [6, 6.07) is 8.02. The van der Waals surface area contributed by atoms with Crippen molar-refractivity contribution >= 4 is 24.3 Å². The molecule has 0 spiro atoms. The first-order chi connectivity index (χ1) is 10.5. The molecule has 0 aliphatic heterocycles. The molecule has 0 aliphatic carbocycles. The molecular weight excluding hydrogens is 301 g/mol. The van der Waals surface area contributed by atoms with E-state index in [-0.39, 0.29) is 17.9 Å². The summed E-state index contributed by atoms with van der Waals surface area (Å²) in [7, 11) is -0.686. The van der Waals surface area contributed by atoms with Gasteiger partial charge in [-0.15, -0.1) is 0 Å². The number of fused-ring (bicyclic) bond motifs is 1. The second-order valence-corrected chi connectivity index (χ2v) is 7.54.